The fraction of sp³-hybridized carbons (Fsp3) is 0.207. The molecule has 0 aliphatic carbocycles. The van der Waals surface area contributed by atoms with E-state index in [1.807, 2.05) is 30.3 Å². The first kappa shape index (κ1) is 28.0. The van der Waals surface area contributed by atoms with E-state index >= 15 is 0 Å². The largest absolute Gasteiger partial charge is 0.489 e. The number of esters is 1. The Morgan fingerprint density at radius 3 is 2.48 bits per heavy atom. The maximum Gasteiger partial charge on any atom is 0.352 e. The summed E-state index contributed by atoms with van der Waals surface area (Å²) in [5.41, 5.74) is 2.27. The highest BCUT2D eigenvalue weighted by molar-refractivity contribution is 5.89. The zero-order valence-electron chi connectivity index (χ0n) is 21.7. The smallest absolute Gasteiger partial charge is 0.352 e. The van der Waals surface area contributed by atoms with Gasteiger partial charge in [-0.25, -0.2) is 9.59 Å². The van der Waals surface area contributed by atoms with Crippen molar-refractivity contribution in [1.29, 1.82) is 0 Å². The quantitative estimate of drug-likeness (QED) is 0.105. The number of nitro benzene ring substituents is 1. The van der Waals surface area contributed by atoms with E-state index < -0.39 is 16.6 Å². The third kappa shape index (κ3) is 7.74. The van der Waals surface area contributed by atoms with Gasteiger partial charge in [-0.2, -0.15) is 4.98 Å². The normalized spacial score (nSPS) is 10.6. The maximum atomic E-state index is 12.4. The molecule has 0 saturated carbocycles. The van der Waals surface area contributed by atoms with Crippen molar-refractivity contribution in [3.05, 3.63) is 128 Å². The molecule has 0 bridgehead atoms. The number of nitro groups is 1. The van der Waals surface area contributed by atoms with Crippen LogP contribution >= 0.6 is 0 Å². The third-order valence-electron chi connectivity index (χ3n) is 5.77. The van der Waals surface area contributed by atoms with Crippen LogP contribution in [0.2, 0.25) is 0 Å². The highest BCUT2D eigenvalue weighted by Gasteiger charge is 2.12. The number of carbonyl (C=O) groups excluding carboxylic acids is 1. The molecule has 0 radical (unpaired) electrons. The summed E-state index contributed by atoms with van der Waals surface area (Å²) in [4.78, 5) is 38.8. The van der Waals surface area contributed by atoms with Gasteiger partial charge in [0.1, 0.15) is 25.7 Å². The summed E-state index contributed by atoms with van der Waals surface area (Å²) < 4.78 is 23.2. The number of non-ortho nitro benzene ring substituents is 1. The third-order valence-corrected chi connectivity index (χ3v) is 5.77. The van der Waals surface area contributed by atoms with E-state index in [1.54, 1.807) is 42.6 Å². The van der Waals surface area contributed by atoms with Crippen molar-refractivity contribution in [3.8, 4) is 11.6 Å². The zero-order chi connectivity index (χ0) is 28.3. The Morgan fingerprint density at radius 1 is 0.975 bits per heavy atom. The van der Waals surface area contributed by atoms with Gasteiger partial charge in [0, 0.05) is 30.3 Å². The van der Waals surface area contributed by atoms with Gasteiger partial charge in [-0.15, -0.1) is 0 Å². The minimum absolute atomic E-state index is 0.0199. The SMILES string of the molecule is COc1nc(=O)n(COCCOC(=O)c2ccccc2)cc1Cc1cccc(OCc2ccc([N+](=O)[O-])cc2)c1. The van der Waals surface area contributed by atoms with Crippen molar-refractivity contribution in [2.75, 3.05) is 20.3 Å². The number of hydrogen-bond donors (Lipinski definition) is 0. The molecule has 0 N–H and O–H groups in total. The number of rotatable bonds is 13. The van der Waals surface area contributed by atoms with E-state index in [-0.39, 0.29) is 38.1 Å². The van der Waals surface area contributed by atoms with Crippen LogP contribution in [-0.2, 0) is 29.2 Å². The van der Waals surface area contributed by atoms with Crippen molar-refractivity contribution >= 4 is 11.7 Å². The highest BCUT2D eigenvalue weighted by atomic mass is 16.6. The summed E-state index contributed by atoms with van der Waals surface area (Å²) >= 11 is 0. The van der Waals surface area contributed by atoms with Crippen LogP contribution in [0.4, 0.5) is 5.69 Å². The Morgan fingerprint density at radius 2 is 1.75 bits per heavy atom. The summed E-state index contributed by atoms with van der Waals surface area (Å²) in [5.74, 6) is 0.369. The molecule has 0 aliphatic heterocycles. The van der Waals surface area contributed by atoms with Gasteiger partial charge in [0.05, 0.1) is 24.2 Å². The molecule has 11 nitrogen and oxygen atoms in total. The summed E-state index contributed by atoms with van der Waals surface area (Å²) in [6, 6.07) is 22.2. The lowest BCUT2D eigenvalue weighted by molar-refractivity contribution is -0.384. The number of nitrogens with zero attached hydrogens (tertiary/aromatic N) is 3. The number of benzene rings is 3. The number of methoxy groups -OCH3 is 1. The molecule has 0 spiro atoms. The summed E-state index contributed by atoms with van der Waals surface area (Å²) in [5, 5.41) is 10.8. The van der Waals surface area contributed by atoms with Crippen molar-refractivity contribution in [2.24, 2.45) is 0 Å². The predicted octanol–water partition coefficient (Wildman–Crippen LogP) is 4.16. The predicted molar refractivity (Wildman–Crippen MR) is 144 cm³/mol. The fourth-order valence-corrected chi connectivity index (χ4v) is 3.77. The molecule has 11 heteroatoms. The molecule has 0 atom stereocenters. The van der Waals surface area contributed by atoms with Crippen LogP contribution in [0.15, 0.2) is 89.9 Å². The zero-order valence-corrected chi connectivity index (χ0v) is 21.7. The molecule has 1 aromatic heterocycles. The second-order valence-corrected chi connectivity index (χ2v) is 8.60. The molecule has 206 valence electrons. The maximum absolute atomic E-state index is 12.4. The van der Waals surface area contributed by atoms with Gasteiger partial charge in [0.25, 0.3) is 5.69 Å². The molecule has 3 aromatic carbocycles. The number of hydrogen-bond acceptors (Lipinski definition) is 9. The van der Waals surface area contributed by atoms with Crippen molar-refractivity contribution in [2.45, 2.75) is 19.8 Å². The minimum atomic E-state index is -0.540. The van der Waals surface area contributed by atoms with Crippen LogP contribution in [-0.4, -0.2) is 40.8 Å². The van der Waals surface area contributed by atoms with Gasteiger partial charge in [0.2, 0.25) is 5.88 Å². The average Bonchev–Trinajstić information content (AvgIpc) is 2.98. The average molecular weight is 546 g/mol. The molecule has 0 saturated heterocycles. The Labute approximate surface area is 229 Å². The summed E-state index contributed by atoms with van der Waals surface area (Å²) in [6.45, 7) is 0.297. The lowest BCUT2D eigenvalue weighted by Crippen LogP contribution is -2.26. The first-order chi connectivity index (χ1) is 19.4. The molecule has 0 fully saturated rings. The molecule has 1 heterocycles. The Hall–Kier alpha value is -5.03. The van der Waals surface area contributed by atoms with Gasteiger partial charge >= 0.3 is 11.7 Å². The second-order valence-electron chi connectivity index (χ2n) is 8.60. The van der Waals surface area contributed by atoms with Gasteiger partial charge in [-0.1, -0.05) is 30.3 Å². The topological polar surface area (TPSA) is 132 Å². The van der Waals surface area contributed by atoms with E-state index in [1.165, 1.54) is 23.8 Å². The number of aromatic nitrogens is 2. The van der Waals surface area contributed by atoms with Crippen molar-refractivity contribution < 1.29 is 28.7 Å². The lowest BCUT2D eigenvalue weighted by atomic mass is 10.1. The molecule has 4 rings (SSSR count). The number of ether oxygens (including phenoxy) is 4. The van der Waals surface area contributed by atoms with Crippen LogP contribution in [0.3, 0.4) is 0 Å². The van der Waals surface area contributed by atoms with Gasteiger partial charge in [0.15, 0.2) is 0 Å². The lowest BCUT2D eigenvalue weighted by Gasteiger charge is -2.13. The van der Waals surface area contributed by atoms with Crippen LogP contribution < -0.4 is 15.2 Å². The van der Waals surface area contributed by atoms with E-state index in [0.717, 1.165) is 11.1 Å². The molecule has 0 aliphatic rings. The second kappa shape index (κ2) is 13.7. The molecule has 40 heavy (non-hydrogen) atoms. The van der Waals surface area contributed by atoms with Crippen LogP contribution in [0.1, 0.15) is 27.0 Å². The first-order valence-electron chi connectivity index (χ1n) is 12.3. The van der Waals surface area contributed by atoms with Crippen molar-refractivity contribution in [1.82, 2.24) is 9.55 Å². The van der Waals surface area contributed by atoms with E-state index in [9.17, 15) is 19.7 Å². The molecular weight excluding hydrogens is 518 g/mol. The van der Waals surface area contributed by atoms with Crippen LogP contribution in [0.5, 0.6) is 11.6 Å². The number of carbonyl (C=O) groups is 1. The van der Waals surface area contributed by atoms with Gasteiger partial charge < -0.3 is 18.9 Å². The monoisotopic (exact) mass is 545 g/mol. The van der Waals surface area contributed by atoms with E-state index in [4.69, 9.17) is 18.9 Å². The Balaban J connectivity index is 1.34. The van der Waals surface area contributed by atoms with Gasteiger partial charge in [-0.3, -0.25) is 14.7 Å². The molecule has 0 amide bonds. The van der Waals surface area contributed by atoms with Crippen molar-refractivity contribution in [3.63, 3.8) is 0 Å². The van der Waals surface area contributed by atoms with Crippen LogP contribution in [0.25, 0.3) is 0 Å². The van der Waals surface area contributed by atoms with E-state index in [2.05, 4.69) is 4.98 Å². The first-order valence-corrected chi connectivity index (χ1v) is 12.3. The molecular formula is C29H27N3O8. The van der Waals surface area contributed by atoms with E-state index in [0.29, 0.717) is 23.3 Å². The van der Waals surface area contributed by atoms with Crippen LogP contribution in [0, 0.1) is 10.1 Å². The fourth-order valence-electron chi connectivity index (χ4n) is 3.77. The Bertz CT molecular complexity index is 1500. The standard InChI is InChI=1S/C29H27N3O8/c1-37-27-24(16-22-6-5-9-26(17-22)40-19-21-10-12-25(13-11-21)32(35)36)18-31(29(34)30-27)20-38-14-15-39-28(33)23-7-3-2-4-8-23/h2-13,17-18H,14-16,19-20H2,1H3. The molecule has 0 unspecified atom stereocenters. The Kier molecular flexibility index (Phi) is 9.57. The molecule has 4 aromatic rings. The summed E-state index contributed by atoms with van der Waals surface area (Å²) in [6.07, 6.45) is 2.02. The van der Waals surface area contributed by atoms with Gasteiger partial charge in [-0.05, 0) is 47.5 Å². The summed E-state index contributed by atoms with van der Waals surface area (Å²) in [7, 11) is 1.44. The highest BCUT2D eigenvalue weighted by Crippen LogP contribution is 2.22. The minimum Gasteiger partial charge on any atom is -0.489 e.